The molecule has 3 unspecified atom stereocenters. The quantitative estimate of drug-likeness (QED) is 0.0123. The average Bonchev–Trinajstić information content (AvgIpc) is 1.60. The molecule has 0 bridgehead atoms. The standard InChI is InChI=1S/C30H42N3O11PS.C26H36N3O10PS.C22H30N3O9PS/c1-17(2)25(35)42-24-22(41-28(30(24,8)43-26(36)18(3)4)33-15-14-23(34)31-29(33)38)16-39-45(46,44-21-12-10-9-11-13-21)32-20(7)27(37)40-19(5)6;1-15(2)22(31)38-21-19(37-24(26(21,6)34)29-13-12-20(30)27-25(29)33)14-35-40(41,39-18-10-8-7-9-11-18)28-17(5)23(32)36-16(3)4;1-13(2)32-19(28)14(3)24-35(36,34-15-8-6-5-7-9-15)31-12-16-18(27)22(4,30)20(33-16)25-11-10-17(26)23-21(25)29/h9-15,17-20,22,24,28H,16H2,1-8H3,(H,32,46)(H,31,34,38);7-13,15-17,19,21,24,34H,14H2,1-6H3,(H,28,41)(H,27,30,33);5-11,13-14,16,18,20,27,30H,12H2,1-4H3,(H,24,36)(H,23,26,29)/t20-,22+,24+,28+,30+,45?;17-,19+,21+,24+,26+,40?;14-,16+,18+,20+,22+,35?/m000/s1. The van der Waals surface area contributed by atoms with Crippen molar-refractivity contribution >= 4 is 91.2 Å². The van der Waals surface area contributed by atoms with Crippen LogP contribution in [0.2, 0.25) is 0 Å². The Bertz CT molecular complexity index is 5130. The van der Waals surface area contributed by atoms with Crippen LogP contribution >= 0.6 is 19.9 Å². The van der Waals surface area contributed by atoms with Crippen molar-refractivity contribution in [2.75, 3.05) is 19.8 Å². The van der Waals surface area contributed by atoms with Crippen LogP contribution in [0.15, 0.2) is 157 Å². The maximum atomic E-state index is 13.0. The molecule has 6 aromatic rings. The van der Waals surface area contributed by atoms with E-state index >= 15 is 0 Å². The van der Waals surface area contributed by atoms with Gasteiger partial charge in [-0.15, -0.1) is 0 Å². The van der Waals surface area contributed by atoms with E-state index in [0.29, 0.717) is 17.2 Å². The Kier molecular flexibility index (Phi) is 36.3. The van der Waals surface area contributed by atoms with Crippen LogP contribution in [-0.2, 0) is 120 Å². The van der Waals surface area contributed by atoms with Crippen LogP contribution in [0, 0.1) is 17.8 Å². The fraction of sp³-hybridized carbons (Fsp3) is 0.538. The van der Waals surface area contributed by atoms with Crippen LogP contribution in [0.25, 0.3) is 0 Å². The van der Waals surface area contributed by atoms with E-state index in [1.165, 1.54) is 27.0 Å². The topological polar surface area (TPSA) is 502 Å². The number of carbonyl (C=O) groups excluding carboxylic acids is 6. The number of rotatable bonds is 36. The van der Waals surface area contributed by atoms with Gasteiger partial charge in [0.1, 0.15) is 71.0 Å². The molecule has 39 nitrogen and oxygen atoms in total. The molecule has 3 fully saturated rings. The zero-order valence-electron chi connectivity index (χ0n) is 70.9. The van der Waals surface area contributed by atoms with E-state index in [0.717, 1.165) is 44.3 Å². The molecule has 678 valence electrons. The van der Waals surface area contributed by atoms with E-state index in [1.54, 1.807) is 195 Å². The van der Waals surface area contributed by atoms with Crippen molar-refractivity contribution in [2.45, 2.75) is 233 Å². The highest BCUT2D eigenvalue weighted by Crippen LogP contribution is 2.52. The van der Waals surface area contributed by atoms with Gasteiger partial charge in [0.2, 0.25) is 0 Å². The van der Waals surface area contributed by atoms with Crippen LogP contribution < -0.4 is 62.6 Å². The zero-order valence-corrected chi connectivity index (χ0v) is 76.0. The minimum Gasteiger partial charge on any atom is -0.462 e. The van der Waals surface area contributed by atoms with Gasteiger partial charge in [-0.05, 0) is 155 Å². The summed E-state index contributed by atoms with van der Waals surface area (Å²) in [6.45, 7) is 17.1. The number of hydrogen-bond acceptors (Lipinski definition) is 33. The van der Waals surface area contributed by atoms with Crippen LogP contribution in [0.1, 0.15) is 143 Å². The highest BCUT2D eigenvalue weighted by molar-refractivity contribution is 8.09. The normalized spacial score (nSPS) is 24.6. The Morgan fingerprint density at radius 3 is 1.02 bits per heavy atom. The van der Waals surface area contributed by atoms with Gasteiger partial charge in [0, 0.05) is 36.8 Å². The summed E-state index contributed by atoms with van der Waals surface area (Å²) in [5, 5.41) is 41.9. The summed E-state index contributed by atoms with van der Waals surface area (Å²) in [5.41, 5.74) is -10.1. The lowest BCUT2D eigenvalue weighted by molar-refractivity contribution is -0.191. The Morgan fingerprint density at radius 1 is 0.415 bits per heavy atom. The molecule has 3 aromatic carbocycles. The summed E-state index contributed by atoms with van der Waals surface area (Å²) >= 11 is 17.2. The predicted octanol–water partition coefficient (Wildman–Crippen LogP) is 6.01. The maximum absolute atomic E-state index is 13.0. The third-order valence-corrected chi connectivity index (χ3v) is 25.5. The molecule has 6 heterocycles. The SMILES string of the molecule is CC(C)OC(=O)[C@H](C)NP(=S)(OC[C@H]1O[C@@H](n2ccc(=O)[nH]c2=O)[C@](C)(O)[C@@H]1O)Oc1ccccc1.CC(C)OC(=O)[C@H](C)NP(=S)(OC[C@H]1O[C@@H](n2ccc(=O)[nH]c2=O)[C@](C)(O)[C@@H]1OC(=O)C(C)C)Oc1ccccc1.CC(C)OC(=O)[C@H](C)NP(=S)(OC[C@H]1O[C@@H](n2ccc(=O)[nH]c2=O)[C@](C)(OC(=O)C(C)C)[C@@H]1OC(=O)C(C)C)Oc1ccccc1. The number of aliphatic hydroxyl groups is 3. The molecular formula is C78H108N9O30P3S3. The average molecular weight is 1840 g/mol. The van der Waals surface area contributed by atoms with Gasteiger partial charge < -0.3 is 85.1 Å². The first-order chi connectivity index (χ1) is 57.4. The van der Waals surface area contributed by atoms with E-state index in [4.69, 9.17) is 105 Å². The number of nitrogens with one attached hydrogen (secondary N) is 6. The molecule has 0 amide bonds. The second-order valence-corrected chi connectivity index (χ2v) is 40.3. The molecule has 9 rings (SSSR count). The molecule has 0 aliphatic carbocycles. The molecule has 3 aliphatic rings. The molecule has 123 heavy (non-hydrogen) atoms. The van der Waals surface area contributed by atoms with Crippen molar-refractivity contribution in [2.24, 2.45) is 17.8 Å². The van der Waals surface area contributed by atoms with Gasteiger partial charge in [-0.2, -0.15) is 0 Å². The lowest BCUT2D eigenvalue weighted by Gasteiger charge is -2.35. The van der Waals surface area contributed by atoms with Crippen molar-refractivity contribution in [1.29, 1.82) is 0 Å². The molecule has 0 saturated carbocycles. The summed E-state index contributed by atoms with van der Waals surface area (Å²) < 4.78 is 90.3. The molecule has 3 aliphatic heterocycles. The largest absolute Gasteiger partial charge is 0.462 e. The van der Waals surface area contributed by atoms with E-state index in [1.807, 2.05) is 0 Å². The minimum atomic E-state index is -3.58. The lowest BCUT2D eigenvalue weighted by atomic mass is 9.95. The number of benzene rings is 3. The van der Waals surface area contributed by atoms with Gasteiger partial charge in [-0.1, -0.05) is 96.1 Å². The molecule has 18 atom stereocenters. The zero-order chi connectivity index (χ0) is 91.6. The molecule has 9 N–H and O–H groups in total. The molecule has 3 aromatic heterocycles. The number of ether oxygens (including phenoxy) is 9. The summed E-state index contributed by atoms with van der Waals surface area (Å²) in [5.74, 6) is -4.24. The highest BCUT2D eigenvalue weighted by atomic mass is 32.5. The number of aliphatic hydroxyl groups excluding tert-OH is 1. The van der Waals surface area contributed by atoms with Gasteiger partial charge in [0.05, 0.1) is 55.9 Å². The van der Waals surface area contributed by atoms with Crippen molar-refractivity contribution in [3.8, 4) is 17.2 Å². The Labute approximate surface area is 723 Å². The number of H-pyrrole nitrogens is 3. The fourth-order valence-corrected chi connectivity index (χ4v) is 19.1. The van der Waals surface area contributed by atoms with E-state index in [9.17, 15) is 72.9 Å². The first-order valence-electron chi connectivity index (χ1n) is 39.0. The van der Waals surface area contributed by atoms with Gasteiger partial charge >= 0.3 is 72.8 Å². The van der Waals surface area contributed by atoms with Crippen molar-refractivity contribution in [1.82, 2.24) is 43.9 Å². The summed E-state index contributed by atoms with van der Waals surface area (Å²) in [7, 11) is 0. The van der Waals surface area contributed by atoms with Crippen molar-refractivity contribution in [3.63, 3.8) is 0 Å². The molecular weight excluding hydrogens is 1730 g/mol. The summed E-state index contributed by atoms with van der Waals surface area (Å²) in [6.07, 6.45) is -9.24. The predicted molar refractivity (Wildman–Crippen MR) is 455 cm³/mol. The minimum absolute atomic E-state index is 0.340. The highest BCUT2D eigenvalue weighted by Gasteiger charge is 2.62. The first kappa shape index (κ1) is 101. The Balaban J connectivity index is 0.000000256. The fourth-order valence-electron chi connectivity index (χ4n) is 11.8. The Morgan fingerprint density at radius 2 is 0.699 bits per heavy atom. The van der Waals surface area contributed by atoms with E-state index < -0.39 is 204 Å². The third-order valence-electron chi connectivity index (χ3n) is 18.0. The lowest BCUT2D eigenvalue weighted by Crippen LogP contribution is -2.52. The van der Waals surface area contributed by atoms with Crippen molar-refractivity contribution < 1.29 is 114 Å². The number of aromatic amines is 3. The van der Waals surface area contributed by atoms with Gasteiger partial charge in [-0.3, -0.25) is 71.8 Å². The Hall–Kier alpha value is -8.61. The van der Waals surface area contributed by atoms with E-state index in [-0.39, 0.29) is 31.5 Å². The number of para-hydroxylation sites is 3. The number of hydrogen-bond donors (Lipinski definition) is 9. The van der Waals surface area contributed by atoms with Crippen LogP contribution in [-0.4, -0.2) is 189 Å². The van der Waals surface area contributed by atoms with Gasteiger partial charge in [0.15, 0.2) is 36.5 Å². The summed E-state index contributed by atoms with van der Waals surface area (Å²) in [4.78, 5) is 155. The smallest absolute Gasteiger partial charge is 0.330 e. The van der Waals surface area contributed by atoms with Gasteiger partial charge in [-0.25, -0.2) is 29.6 Å². The number of esters is 6. The maximum Gasteiger partial charge on any atom is 0.330 e. The first-order valence-corrected chi connectivity index (χ1v) is 46.9. The van der Waals surface area contributed by atoms with Crippen molar-refractivity contribution in [3.05, 3.63) is 190 Å². The monoisotopic (exact) mass is 1840 g/mol. The van der Waals surface area contributed by atoms with Crippen LogP contribution in [0.3, 0.4) is 0 Å². The van der Waals surface area contributed by atoms with E-state index in [2.05, 4.69) is 30.2 Å². The number of aromatic nitrogens is 6. The molecule has 3 saturated heterocycles. The molecule has 0 spiro atoms. The number of nitrogens with zero attached hydrogens (tertiary/aromatic N) is 3. The van der Waals surface area contributed by atoms with Crippen LogP contribution in [0.5, 0.6) is 17.2 Å². The summed E-state index contributed by atoms with van der Waals surface area (Å²) in [6, 6.07) is 26.2. The molecule has 45 heteroatoms. The van der Waals surface area contributed by atoms with Gasteiger partial charge in [0.25, 0.3) is 16.7 Å². The van der Waals surface area contributed by atoms with Crippen LogP contribution in [0.4, 0.5) is 0 Å². The second-order valence-electron chi connectivity index (χ2n) is 30.9. The number of carbonyl (C=O) groups is 6. The third kappa shape index (κ3) is 28.2. The molecule has 0 radical (unpaired) electrons. The second kappa shape index (κ2) is 44.0.